The quantitative estimate of drug-likeness (QED) is 0.166. The molecule has 8 aromatic carbocycles. The van der Waals surface area contributed by atoms with E-state index in [4.69, 9.17) is 21.3 Å². The van der Waals surface area contributed by atoms with E-state index in [-0.39, 0.29) is 0 Å². The molecule has 5 aromatic heterocycles. The molecule has 6 heterocycles. The van der Waals surface area contributed by atoms with Crippen LogP contribution in [0, 0.1) is 17.9 Å². The Bertz CT molecular complexity index is 4340. The lowest BCUT2D eigenvalue weighted by atomic mass is 9.65. The Morgan fingerprint density at radius 2 is 1.09 bits per heavy atom. The minimum atomic E-state index is -0.974. The van der Waals surface area contributed by atoms with Crippen LogP contribution in [0.5, 0.6) is 11.5 Å². The molecule has 0 saturated carbocycles. The molecule has 1 aliphatic heterocycles. The highest BCUT2D eigenvalue weighted by Gasteiger charge is 2.54. The number of pyridine rings is 2. The van der Waals surface area contributed by atoms with Gasteiger partial charge in [0.25, 0.3) is 0 Å². The fraction of sp³-hybridized carbons (Fsp3) is 0.0164. The van der Waals surface area contributed by atoms with Crippen LogP contribution in [-0.2, 0) is 5.41 Å². The van der Waals surface area contributed by atoms with E-state index in [2.05, 4.69) is 170 Å². The third-order valence-electron chi connectivity index (χ3n) is 14.6. The van der Waals surface area contributed by atoms with E-state index >= 15 is 0 Å². The summed E-state index contributed by atoms with van der Waals surface area (Å²) in [6.45, 7) is 7.83. The third kappa shape index (κ3) is 4.83. The minimum Gasteiger partial charge on any atom is -0.457 e. The summed E-state index contributed by atoms with van der Waals surface area (Å²) in [4.78, 5) is 14.4. The van der Waals surface area contributed by atoms with E-state index in [1.54, 1.807) is 0 Å². The standard InChI is InChI=1S/C61H33N7O/c1-63-37-24-28-54-45(31-37)44-30-36(34-62)23-27-53(44)66(54)38-25-26-46-57(33-38)69-56-22-10-21-55(68-51-19-8-4-14-42(51)43-15-5-9-20-52(43)68)58(56)61(46)47-16-11-29-64-59(47)60-48(61)32-39(35-65-60)67-49-17-6-2-12-40(49)41-13-3-7-18-50(41)67/h2-33,35H. The first-order chi connectivity index (χ1) is 34.1. The Hall–Kier alpha value is -9.76. The largest absolute Gasteiger partial charge is 0.457 e. The van der Waals surface area contributed by atoms with E-state index in [9.17, 15) is 5.26 Å². The Morgan fingerprint density at radius 3 is 1.77 bits per heavy atom. The molecule has 2 aliphatic rings. The van der Waals surface area contributed by atoms with Gasteiger partial charge in [0.1, 0.15) is 11.5 Å². The molecule has 0 amide bonds. The molecule has 1 spiro atoms. The minimum absolute atomic E-state index is 0.538. The lowest BCUT2D eigenvalue weighted by Gasteiger charge is -2.40. The topological polar surface area (TPSA) is 78.0 Å². The molecule has 15 rings (SSSR count). The fourth-order valence-electron chi connectivity index (χ4n) is 11.9. The number of aromatic nitrogens is 5. The van der Waals surface area contributed by atoms with Gasteiger partial charge < -0.3 is 18.4 Å². The van der Waals surface area contributed by atoms with E-state index in [0.717, 1.165) is 100 Å². The number of benzene rings is 8. The van der Waals surface area contributed by atoms with E-state index in [1.165, 1.54) is 21.5 Å². The zero-order valence-corrected chi connectivity index (χ0v) is 36.6. The van der Waals surface area contributed by atoms with Gasteiger partial charge in [0.05, 0.1) is 85.7 Å². The molecule has 8 heteroatoms. The molecular formula is C61H33N7O. The lowest BCUT2D eigenvalue weighted by molar-refractivity contribution is 0.435. The predicted molar refractivity (Wildman–Crippen MR) is 273 cm³/mol. The van der Waals surface area contributed by atoms with Crippen LogP contribution in [0.3, 0.4) is 0 Å². The average molecular weight is 880 g/mol. The Kier molecular flexibility index (Phi) is 7.41. The summed E-state index contributed by atoms with van der Waals surface area (Å²) in [6.07, 6.45) is 3.87. The predicted octanol–water partition coefficient (Wildman–Crippen LogP) is 14.7. The summed E-state index contributed by atoms with van der Waals surface area (Å²) < 4.78 is 14.3. The van der Waals surface area contributed by atoms with Gasteiger partial charge in [0.15, 0.2) is 5.69 Å². The number of ether oxygens (including phenoxy) is 1. The molecule has 1 unspecified atom stereocenters. The maximum Gasteiger partial charge on any atom is 0.188 e. The number of fused-ring (bicyclic) bond motifs is 18. The zero-order chi connectivity index (χ0) is 45.5. The van der Waals surface area contributed by atoms with Crippen LogP contribution in [0.4, 0.5) is 5.69 Å². The van der Waals surface area contributed by atoms with Crippen LogP contribution >= 0.6 is 0 Å². The second-order valence-corrected chi connectivity index (χ2v) is 17.9. The van der Waals surface area contributed by atoms with Crippen LogP contribution in [0.25, 0.3) is 98.7 Å². The molecule has 0 fully saturated rings. The first-order valence-corrected chi connectivity index (χ1v) is 22.9. The summed E-state index contributed by atoms with van der Waals surface area (Å²) in [5.74, 6) is 1.43. The first kappa shape index (κ1) is 37.5. The fourth-order valence-corrected chi connectivity index (χ4v) is 11.9. The molecule has 0 saturated heterocycles. The number of para-hydroxylation sites is 4. The van der Waals surface area contributed by atoms with Crippen molar-refractivity contribution in [2.75, 3.05) is 0 Å². The van der Waals surface area contributed by atoms with Crippen LogP contribution < -0.4 is 4.74 Å². The monoisotopic (exact) mass is 879 g/mol. The van der Waals surface area contributed by atoms with Gasteiger partial charge in [-0.15, -0.1) is 0 Å². The maximum atomic E-state index is 9.96. The highest BCUT2D eigenvalue weighted by Crippen LogP contribution is 2.63. The summed E-state index contributed by atoms with van der Waals surface area (Å²) in [7, 11) is 0. The Morgan fingerprint density at radius 1 is 0.478 bits per heavy atom. The molecule has 0 bridgehead atoms. The van der Waals surface area contributed by atoms with Crippen molar-refractivity contribution in [1.29, 1.82) is 5.26 Å². The normalized spacial score (nSPS) is 14.5. The van der Waals surface area contributed by atoms with Crippen molar-refractivity contribution in [1.82, 2.24) is 23.7 Å². The SMILES string of the molecule is [C-]#[N+]c1ccc2c(c1)c1cc(C#N)ccc1n2-c1ccc2c(c1)Oc1cccc(-n3c4ccccc4c4ccccc43)c1C21c2cccnc2-c2ncc(-n3c4ccccc4c4ccccc43)cc21. The van der Waals surface area contributed by atoms with E-state index in [0.29, 0.717) is 17.0 Å². The van der Waals surface area contributed by atoms with Crippen molar-refractivity contribution >= 4 is 71.1 Å². The van der Waals surface area contributed by atoms with E-state index in [1.807, 2.05) is 54.9 Å². The molecule has 8 nitrogen and oxygen atoms in total. The number of rotatable bonds is 3. The Labute approximate surface area is 394 Å². The first-order valence-electron chi connectivity index (χ1n) is 22.9. The van der Waals surface area contributed by atoms with Crippen molar-refractivity contribution in [3.05, 3.63) is 240 Å². The molecule has 69 heavy (non-hydrogen) atoms. The van der Waals surface area contributed by atoms with Gasteiger partial charge in [-0.3, -0.25) is 9.97 Å². The maximum absolute atomic E-state index is 9.96. The summed E-state index contributed by atoms with van der Waals surface area (Å²) in [6, 6.07) is 67.9. The smallest absolute Gasteiger partial charge is 0.188 e. The number of nitriles is 1. The van der Waals surface area contributed by atoms with Crippen molar-refractivity contribution in [2.24, 2.45) is 0 Å². The molecule has 0 N–H and O–H groups in total. The van der Waals surface area contributed by atoms with Gasteiger partial charge in [-0.2, -0.15) is 5.26 Å². The average Bonchev–Trinajstić information content (AvgIpc) is 4.12. The van der Waals surface area contributed by atoms with Crippen molar-refractivity contribution in [3.8, 4) is 46.0 Å². The number of hydrogen-bond donors (Lipinski definition) is 0. The highest BCUT2D eigenvalue weighted by atomic mass is 16.5. The molecule has 1 atom stereocenters. The summed E-state index contributed by atoms with van der Waals surface area (Å²) in [5.41, 5.74) is 14.8. The number of nitrogens with zero attached hydrogens (tertiary/aromatic N) is 7. The zero-order valence-electron chi connectivity index (χ0n) is 36.6. The van der Waals surface area contributed by atoms with Crippen LogP contribution in [0.2, 0.25) is 0 Å². The molecular weight excluding hydrogens is 847 g/mol. The van der Waals surface area contributed by atoms with Crippen molar-refractivity contribution in [3.63, 3.8) is 0 Å². The second-order valence-electron chi connectivity index (χ2n) is 17.9. The van der Waals surface area contributed by atoms with Gasteiger partial charge in [-0.05, 0) is 95.9 Å². The summed E-state index contributed by atoms with van der Waals surface area (Å²) in [5, 5.41) is 16.5. The van der Waals surface area contributed by atoms with Gasteiger partial charge in [-0.25, -0.2) is 4.85 Å². The molecule has 318 valence electrons. The molecule has 0 radical (unpaired) electrons. The van der Waals surface area contributed by atoms with Gasteiger partial charge in [0, 0.05) is 61.6 Å². The highest BCUT2D eigenvalue weighted by molar-refractivity contribution is 6.12. The van der Waals surface area contributed by atoms with Gasteiger partial charge >= 0.3 is 0 Å². The number of hydrogen-bond acceptors (Lipinski definition) is 4. The lowest BCUT2D eigenvalue weighted by Crippen LogP contribution is -2.34. The summed E-state index contributed by atoms with van der Waals surface area (Å²) >= 11 is 0. The second kappa shape index (κ2) is 13.6. The van der Waals surface area contributed by atoms with Crippen molar-refractivity contribution < 1.29 is 4.74 Å². The molecule has 1 aliphatic carbocycles. The van der Waals surface area contributed by atoms with Gasteiger partial charge in [-0.1, -0.05) is 97.1 Å². The van der Waals surface area contributed by atoms with E-state index < -0.39 is 5.41 Å². The van der Waals surface area contributed by atoms with Crippen molar-refractivity contribution in [2.45, 2.75) is 5.41 Å². The van der Waals surface area contributed by atoms with Crippen LogP contribution in [0.15, 0.2) is 200 Å². The van der Waals surface area contributed by atoms with Crippen LogP contribution in [-0.4, -0.2) is 23.7 Å². The van der Waals surface area contributed by atoms with Gasteiger partial charge in [0.2, 0.25) is 0 Å². The Balaban J connectivity index is 1.07. The molecule has 13 aromatic rings. The third-order valence-corrected chi connectivity index (χ3v) is 14.6. The van der Waals surface area contributed by atoms with Crippen LogP contribution in [0.1, 0.15) is 27.8 Å².